The molecule has 0 radical (unpaired) electrons. The Labute approximate surface area is 199 Å². The van der Waals surface area contributed by atoms with Crippen LogP contribution in [0.15, 0.2) is 0 Å². The fourth-order valence-electron chi connectivity index (χ4n) is 2.52. The van der Waals surface area contributed by atoms with Crippen molar-refractivity contribution in [2.75, 3.05) is 23.8 Å². The van der Waals surface area contributed by atoms with Gasteiger partial charge in [0, 0.05) is 24.9 Å². The van der Waals surface area contributed by atoms with Crippen LogP contribution in [0.25, 0.3) is 0 Å². The molecular formula is C18H24Cl2N8O5. The standard InChI is InChI=1S/C18H24Cl2N8O5/c1-9(21-17-25-11(3-5-13(29)30)23-15(19)27-17)7-33-8-10(2)22-18-26-12(4-6-14(31)32)24-16(20)28-18/h9-10H,3-8H2,1-2H3,(H,29,30)(H,31,32)(H,21,23,25,27)(H,22,24,26,28). The Hall–Kier alpha value is -2.90. The Morgan fingerprint density at radius 2 is 1.18 bits per heavy atom. The fourth-order valence-corrected chi connectivity index (χ4v) is 2.87. The van der Waals surface area contributed by atoms with Crippen molar-refractivity contribution in [3.8, 4) is 0 Å². The van der Waals surface area contributed by atoms with E-state index in [-0.39, 0.29) is 71.9 Å². The van der Waals surface area contributed by atoms with Gasteiger partial charge >= 0.3 is 11.9 Å². The Balaban J connectivity index is 1.81. The van der Waals surface area contributed by atoms with Crippen LogP contribution in [-0.4, -0.2) is 77.4 Å². The molecule has 0 aliphatic heterocycles. The van der Waals surface area contributed by atoms with Gasteiger partial charge in [0.2, 0.25) is 22.5 Å². The SMILES string of the molecule is CC(COCC(C)Nc1nc(Cl)nc(CCC(=O)O)n1)Nc1nc(Cl)nc(CCC(=O)O)n1. The number of carboxylic acid groups (broad SMARTS) is 2. The zero-order chi connectivity index (χ0) is 24.4. The molecule has 0 aliphatic carbocycles. The van der Waals surface area contributed by atoms with Crippen LogP contribution in [0.5, 0.6) is 0 Å². The van der Waals surface area contributed by atoms with E-state index in [9.17, 15) is 9.59 Å². The number of rotatable bonds is 14. The van der Waals surface area contributed by atoms with E-state index < -0.39 is 11.9 Å². The first kappa shape index (κ1) is 26.4. The number of aromatic nitrogens is 6. The Kier molecular flexibility index (Phi) is 10.4. The summed E-state index contributed by atoms with van der Waals surface area (Å²) in [6, 6.07) is -0.366. The molecule has 180 valence electrons. The molecule has 0 saturated carbocycles. The molecule has 0 fully saturated rings. The number of hydrogen-bond acceptors (Lipinski definition) is 11. The van der Waals surface area contributed by atoms with Gasteiger partial charge in [0.25, 0.3) is 0 Å². The van der Waals surface area contributed by atoms with Crippen molar-refractivity contribution in [1.29, 1.82) is 0 Å². The molecule has 2 atom stereocenters. The Morgan fingerprint density at radius 3 is 1.55 bits per heavy atom. The number of ether oxygens (including phenoxy) is 1. The molecule has 33 heavy (non-hydrogen) atoms. The lowest BCUT2D eigenvalue weighted by Gasteiger charge is -2.18. The molecule has 4 N–H and O–H groups in total. The summed E-state index contributed by atoms with van der Waals surface area (Å²) < 4.78 is 5.69. The number of carbonyl (C=O) groups is 2. The molecular weight excluding hydrogens is 479 g/mol. The maximum Gasteiger partial charge on any atom is 0.303 e. The monoisotopic (exact) mass is 502 g/mol. The van der Waals surface area contributed by atoms with Gasteiger partial charge in [-0.25, -0.2) is 9.97 Å². The molecule has 0 saturated heterocycles. The van der Waals surface area contributed by atoms with E-state index in [4.69, 9.17) is 38.2 Å². The van der Waals surface area contributed by atoms with E-state index in [1.807, 2.05) is 13.8 Å². The molecule has 2 unspecified atom stereocenters. The van der Waals surface area contributed by atoms with E-state index in [2.05, 4.69) is 40.5 Å². The second-order valence-corrected chi connectivity index (χ2v) is 7.78. The van der Waals surface area contributed by atoms with Crippen LogP contribution in [0.2, 0.25) is 10.6 Å². The van der Waals surface area contributed by atoms with Crippen LogP contribution >= 0.6 is 23.2 Å². The molecule has 0 amide bonds. The number of nitrogens with one attached hydrogen (secondary N) is 2. The highest BCUT2D eigenvalue weighted by molar-refractivity contribution is 6.28. The van der Waals surface area contributed by atoms with Gasteiger partial charge in [-0.05, 0) is 37.0 Å². The first-order valence-corrected chi connectivity index (χ1v) is 10.7. The summed E-state index contributed by atoms with van der Waals surface area (Å²) in [5, 5.41) is 23.6. The summed E-state index contributed by atoms with van der Waals surface area (Å²) in [7, 11) is 0. The lowest BCUT2D eigenvalue weighted by molar-refractivity contribution is -0.138. The first-order valence-electron chi connectivity index (χ1n) is 9.96. The number of aliphatic carboxylic acids is 2. The minimum Gasteiger partial charge on any atom is -0.481 e. The zero-order valence-corrected chi connectivity index (χ0v) is 19.5. The molecule has 2 rings (SSSR count). The molecule has 0 spiro atoms. The van der Waals surface area contributed by atoms with Gasteiger partial charge in [0.05, 0.1) is 26.1 Å². The normalized spacial score (nSPS) is 12.7. The average molecular weight is 503 g/mol. The van der Waals surface area contributed by atoms with Gasteiger partial charge in [-0.15, -0.1) is 0 Å². The Bertz CT molecular complexity index is 892. The van der Waals surface area contributed by atoms with Crippen molar-refractivity contribution in [3.63, 3.8) is 0 Å². The van der Waals surface area contributed by atoms with Crippen LogP contribution < -0.4 is 10.6 Å². The summed E-state index contributed by atoms with van der Waals surface area (Å²) in [5.74, 6) is -0.894. The highest BCUT2D eigenvalue weighted by Gasteiger charge is 2.12. The van der Waals surface area contributed by atoms with Crippen LogP contribution in [-0.2, 0) is 27.2 Å². The third-order valence-electron chi connectivity index (χ3n) is 3.92. The zero-order valence-electron chi connectivity index (χ0n) is 18.0. The van der Waals surface area contributed by atoms with E-state index in [0.717, 1.165) is 0 Å². The van der Waals surface area contributed by atoms with Gasteiger partial charge in [-0.2, -0.15) is 19.9 Å². The van der Waals surface area contributed by atoms with Crippen molar-refractivity contribution in [3.05, 3.63) is 22.2 Å². The third kappa shape index (κ3) is 10.5. The predicted octanol–water partition coefficient (Wildman–Crippen LogP) is 1.72. The number of nitrogens with zero attached hydrogens (tertiary/aromatic N) is 6. The van der Waals surface area contributed by atoms with Gasteiger partial charge in [0.1, 0.15) is 11.6 Å². The summed E-state index contributed by atoms with van der Waals surface area (Å²) >= 11 is 11.8. The molecule has 15 heteroatoms. The van der Waals surface area contributed by atoms with Crippen molar-refractivity contribution < 1.29 is 24.5 Å². The van der Waals surface area contributed by atoms with Crippen molar-refractivity contribution >= 4 is 47.0 Å². The number of carboxylic acids is 2. The van der Waals surface area contributed by atoms with Crippen LogP contribution in [0.3, 0.4) is 0 Å². The van der Waals surface area contributed by atoms with Crippen LogP contribution in [0, 0.1) is 0 Å². The van der Waals surface area contributed by atoms with Gasteiger partial charge in [0.15, 0.2) is 0 Å². The summed E-state index contributed by atoms with van der Waals surface area (Å²) in [6.07, 6.45) is 0.0481. The van der Waals surface area contributed by atoms with E-state index >= 15 is 0 Å². The molecule has 13 nitrogen and oxygen atoms in total. The minimum atomic E-state index is -0.957. The summed E-state index contributed by atoms with van der Waals surface area (Å²) in [4.78, 5) is 45.6. The molecule has 2 heterocycles. The van der Waals surface area contributed by atoms with Crippen molar-refractivity contribution in [1.82, 2.24) is 29.9 Å². The van der Waals surface area contributed by atoms with E-state index in [0.29, 0.717) is 13.2 Å². The average Bonchev–Trinajstić information content (AvgIpc) is 2.70. The molecule has 0 aliphatic rings. The second kappa shape index (κ2) is 13.0. The minimum absolute atomic E-state index is 0.0300. The fraction of sp³-hybridized carbons (Fsp3) is 0.556. The van der Waals surface area contributed by atoms with Crippen LogP contribution in [0.1, 0.15) is 38.3 Å². The highest BCUT2D eigenvalue weighted by atomic mass is 35.5. The van der Waals surface area contributed by atoms with E-state index in [1.54, 1.807) is 0 Å². The number of hydrogen-bond donors (Lipinski definition) is 4. The first-order chi connectivity index (χ1) is 15.6. The smallest absolute Gasteiger partial charge is 0.303 e. The predicted molar refractivity (Wildman–Crippen MR) is 119 cm³/mol. The quantitative estimate of drug-likeness (QED) is 0.292. The molecule has 0 bridgehead atoms. The third-order valence-corrected chi connectivity index (χ3v) is 4.26. The van der Waals surface area contributed by atoms with E-state index in [1.165, 1.54) is 0 Å². The second-order valence-electron chi connectivity index (χ2n) is 7.10. The van der Waals surface area contributed by atoms with Gasteiger partial charge in [-0.3, -0.25) is 9.59 Å². The number of anilines is 2. The highest BCUT2D eigenvalue weighted by Crippen LogP contribution is 2.11. The number of halogens is 2. The number of aryl methyl sites for hydroxylation is 2. The molecule has 2 aromatic heterocycles. The maximum atomic E-state index is 10.7. The topological polar surface area (TPSA) is 185 Å². The lowest BCUT2D eigenvalue weighted by Crippen LogP contribution is -2.28. The largest absolute Gasteiger partial charge is 0.481 e. The molecule has 2 aromatic rings. The van der Waals surface area contributed by atoms with Crippen LogP contribution in [0.4, 0.5) is 11.9 Å². The summed E-state index contributed by atoms with van der Waals surface area (Å²) in [6.45, 7) is 4.32. The lowest BCUT2D eigenvalue weighted by atomic mass is 10.3. The maximum absolute atomic E-state index is 10.7. The Morgan fingerprint density at radius 1 is 0.788 bits per heavy atom. The van der Waals surface area contributed by atoms with Crippen molar-refractivity contribution in [2.45, 2.75) is 51.6 Å². The van der Waals surface area contributed by atoms with Crippen molar-refractivity contribution in [2.24, 2.45) is 0 Å². The summed E-state index contributed by atoms with van der Waals surface area (Å²) in [5.41, 5.74) is 0. The van der Waals surface area contributed by atoms with Gasteiger partial charge in [-0.1, -0.05) is 0 Å². The van der Waals surface area contributed by atoms with Gasteiger partial charge < -0.3 is 25.6 Å². The molecule has 0 aromatic carbocycles.